The third-order valence-electron chi connectivity index (χ3n) is 5.93. The van der Waals surface area contributed by atoms with E-state index in [0.29, 0.717) is 6.54 Å². The van der Waals surface area contributed by atoms with E-state index >= 15 is 0 Å². The molecule has 2 aromatic rings. The van der Waals surface area contributed by atoms with Crippen molar-refractivity contribution in [2.24, 2.45) is 0 Å². The van der Waals surface area contributed by atoms with Gasteiger partial charge >= 0.3 is 6.09 Å². The molecule has 29 heavy (non-hydrogen) atoms. The highest BCUT2D eigenvalue weighted by Gasteiger charge is 2.52. The van der Waals surface area contributed by atoms with Crippen molar-refractivity contribution in [2.75, 3.05) is 6.54 Å². The first-order valence-electron chi connectivity index (χ1n) is 10.1. The van der Waals surface area contributed by atoms with E-state index in [1.54, 1.807) is 4.90 Å². The summed E-state index contributed by atoms with van der Waals surface area (Å²) in [5.74, 6) is -0.146. The van der Waals surface area contributed by atoms with E-state index < -0.39 is 17.7 Å². The van der Waals surface area contributed by atoms with Crippen LogP contribution in [-0.2, 0) is 21.7 Å². The summed E-state index contributed by atoms with van der Waals surface area (Å²) in [5, 5.41) is 14.3. The fraction of sp³-hybridized carbons (Fsp3) is 0.391. The SMILES string of the molecule is O=C(NC1CC(O)(c2ccccc2)C2CCCCN2C1=O)OCc1ccccc1. The molecule has 0 aliphatic carbocycles. The lowest BCUT2D eigenvalue weighted by Gasteiger charge is -2.51. The number of alkyl carbamates (subject to hydrolysis) is 1. The van der Waals surface area contributed by atoms with Crippen LogP contribution < -0.4 is 5.32 Å². The van der Waals surface area contributed by atoms with Crippen LogP contribution in [0.25, 0.3) is 0 Å². The van der Waals surface area contributed by atoms with Crippen LogP contribution in [-0.4, -0.2) is 40.6 Å². The number of fused-ring (bicyclic) bond motifs is 1. The number of ether oxygens (including phenoxy) is 1. The Bertz CT molecular complexity index is 858. The van der Waals surface area contributed by atoms with Crippen molar-refractivity contribution < 1.29 is 19.4 Å². The minimum absolute atomic E-state index is 0.128. The summed E-state index contributed by atoms with van der Waals surface area (Å²) in [7, 11) is 0. The summed E-state index contributed by atoms with van der Waals surface area (Å²) < 4.78 is 5.29. The number of amides is 2. The molecular formula is C23H26N2O4. The molecular weight excluding hydrogens is 368 g/mol. The van der Waals surface area contributed by atoms with Crippen LogP contribution >= 0.6 is 0 Å². The number of nitrogens with one attached hydrogen (secondary N) is 1. The number of carbonyl (C=O) groups is 2. The van der Waals surface area contributed by atoms with Gasteiger partial charge in [-0.05, 0) is 30.4 Å². The molecule has 2 aromatic carbocycles. The second-order valence-electron chi connectivity index (χ2n) is 7.80. The van der Waals surface area contributed by atoms with Gasteiger partial charge in [0.05, 0.1) is 6.04 Å². The highest BCUT2D eigenvalue weighted by molar-refractivity contribution is 5.87. The Balaban J connectivity index is 1.50. The summed E-state index contributed by atoms with van der Waals surface area (Å²) in [6.07, 6.45) is 2.11. The number of piperidine rings is 2. The summed E-state index contributed by atoms with van der Waals surface area (Å²) in [6, 6.07) is 17.7. The highest BCUT2D eigenvalue weighted by Crippen LogP contribution is 2.41. The van der Waals surface area contributed by atoms with Crippen molar-refractivity contribution in [2.45, 2.75) is 50.0 Å². The van der Waals surface area contributed by atoms with Gasteiger partial charge in [-0.1, -0.05) is 60.7 Å². The lowest BCUT2D eigenvalue weighted by Crippen LogP contribution is -2.66. The smallest absolute Gasteiger partial charge is 0.408 e. The molecule has 2 aliphatic rings. The maximum atomic E-state index is 13.0. The van der Waals surface area contributed by atoms with Gasteiger partial charge < -0.3 is 20.1 Å². The van der Waals surface area contributed by atoms with E-state index in [1.807, 2.05) is 60.7 Å². The van der Waals surface area contributed by atoms with Crippen LogP contribution in [0.15, 0.2) is 60.7 Å². The van der Waals surface area contributed by atoms with E-state index in [2.05, 4.69) is 5.32 Å². The fourth-order valence-corrected chi connectivity index (χ4v) is 4.48. The first-order valence-corrected chi connectivity index (χ1v) is 10.1. The van der Waals surface area contributed by atoms with Crippen molar-refractivity contribution in [1.29, 1.82) is 0 Å². The Morgan fingerprint density at radius 2 is 1.79 bits per heavy atom. The van der Waals surface area contributed by atoms with Crippen molar-refractivity contribution in [3.63, 3.8) is 0 Å². The molecule has 6 nitrogen and oxygen atoms in total. The molecule has 2 saturated heterocycles. The summed E-state index contributed by atoms with van der Waals surface area (Å²) >= 11 is 0. The number of benzene rings is 2. The minimum Gasteiger partial charge on any atom is -0.445 e. The molecule has 6 heteroatoms. The molecule has 2 amide bonds. The molecule has 3 unspecified atom stereocenters. The van der Waals surface area contributed by atoms with E-state index in [-0.39, 0.29) is 25.0 Å². The standard InChI is InChI=1S/C23H26N2O4/c26-21-19(24-22(27)29-16-17-9-3-1-4-10-17)15-23(28,18-11-5-2-6-12-18)20-13-7-8-14-25(20)21/h1-6,9-12,19-20,28H,7-8,13-16H2,(H,24,27). The predicted octanol–water partition coefficient (Wildman–Crippen LogP) is 2.95. The summed E-state index contributed by atoms with van der Waals surface area (Å²) in [6.45, 7) is 0.721. The van der Waals surface area contributed by atoms with Gasteiger partial charge in [0.25, 0.3) is 0 Å². The lowest BCUT2D eigenvalue weighted by atomic mass is 9.73. The van der Waals surface area contributed by atoms with Gasteiger partial charge in [0.15, 0.2) is 0 Å². The van der Waals surface area contributed by atoms with Crippen LogP contribution in [0.1, 0.15) is 36.8 Å². The second kappa shape index (κ2) is 8.25. The van der Waals surface area contributed by atoms with Crippen molar-refractivity contribution in [3.8, 4) is 0 Å². The van der Waals surface area contributed by atoms with E-state index in [4.69, 9.17) is 4.74 Å². The Morgan fingerprint density at radius 1 is 1.10 bits per heavy atom. The number of hydrogen-bond acceptors (Lipinski definition) is 4. The summed E-state index contributed by atoms with van der Waals surface area (Å²) in [4.78, 5) is 27.1. The maximum Gasteiger partial charge on any atom is 0.408 e. The Hall–Kier alpha value is -2.86. The van der Waals surface area contributed by atoms with Gasteiger partial charge in [-0.15, -0.1) is 0 Å². The Morgan fingerprint density at radius 3 is 2.52 bits per heavy atom. The molecule has 4 rings (SSSR count). The molecule has 0 aromatic heterocycles. The van der Waals surface area contributed by atoms with Crippen LogP contribution in [0.5, 0.6) is 0 Å². The maximum absolute atomic E-state index is 13.0. The van der Waals surface area contributed by atoms with Gasteiger partial charge in [-0.3, -0.25) is 4.79 Å². The molecule has 0 saturated carbocycles. The Kier molecular flexibility index (Phi) is 5.53. The monoisotopic (exact) mass is 394 g/mol. The van der Waals surface area contributed by atoms with Crippen molar-refractivity contribution in [1.82, 2.24) is 10.2 Å². The number of rotatable bonds is 4. The number of hydrogen-bond donors (Lipinski definition) is 2. The van der Waals surface area contributed by atoms with Gasteiger partial charge in [-0.2, -0.15) is 0 Å². The van der Waals surface area contributed by atoms with Gasteiger partial charge in [0.2, 0.25) is 5.91 Å². The average Bonchev–Trinajstić information content (AvgIpc) is 2.77. The quantitative estimate of drug-likeness (QED) is 0.836. The molecule has 2 N–H and O–H groups in total. The largest absolute Gasteiger partial charge is 0.445 e. The normalized spacial score (nSPS) is 26.5. The number of nitrogens with zero attached hydrogens (tertiary/aromatic N) is 1. The van der Waals surface area contributed by atoms with E-state index in [0.717, 1.165) is 30.4 Å². The third kappa shape index (κ3) is 3.98. The van der Waals surface area contributed by atoms with Crippen molar-refractivity contribution in [3.05, 3.63) is 71.8 Å². The third-order valence-corrected chi connectivity index (χ3v) is 5.93. The molecule has 3 atom stereocenters. The predicted molar refractivity (Wildman–Crippen MR) is 108 cm³/mol. The molecule has 0 radical (unpaired) electrons. The fourth-order valence-electron chi connectivity index (χ4n) is 4.48. The average molecular weight is 394 g/mol. The summed E-state index contributed by atoms with van der Waals surface area (Å²) in [5.41, 5.74) is 0.441. The molecule has 0 bridgehead atoms. The van der Waals surface area contributed by atoms with Gasteiger partial charge in [0.1, 0.15) is 18.2 Å². The molecule has 2 aliphatic heterocycles. The van der Waals surface area contributed by atoms with Crippen LogP contribution in [0, 0.1) is 0 Å². The second-order valence-corrected chi connectivity index (χ2v) is 7.80. The van der Waals surface area contributed by atoms with Gasteiger partial charge in [-0.25, -0.2) is 4.79 Å². The number of aliphatic hydroxyl groups is 1. The zero-order valence-corrected chi connectivity index (χ0v) is 16.3. The van der Waals surface area contributed by atoms with Crippen LogP contribution in [0.2, 0.25) is 0 Å². The number of carbonyl (C=O) groups excluding carboxylic acids is 2. The minimum atomic E-state index is -1.20. The van der Waals surface area contributed by atoms with E-state index in [1.165, 1.54) is 0 Å². The Labute approximate surface area is 170 Å². The lowest BCUT2D eigenvalue weighted by molar-refractivity contribution is -0.162. The molecule has 152 valence electrons. The molecule has 0 spiro atoms. The van der Waals surface area contributed by atoms with Crippen LogP contribution in [0.4, 0.5) is 4.79 Å². The van der Waals surface area contributed by atoms with Crippen LogP contribution in [0.3, 0.4) is 0 Å². The van der Waals surface area contributed by atoms with E-state index in [9.17, 15) is 14.7 Å². The van der Waals surface area contributed by atoms with Crippen molar-refractivity contribution >= 4 is 12.0 Å². The molecule has 2 heterocycles. The highest BCUT2D eigenvalue weighted by atomic mass is 16.5. The topological polar surface area (TPSA) is 78.9 Å². The first kappa shape index (κ1) is 19.5. The van der Waals surface area contributed by atoms with Gasteiger partial charge in [0, 0.05) is 13.0 Å². The zero-order chi connectivity index (χ0) is 20.3. The molecule has 2 fully saturated rings. The first-order chi connectivity index (χ1) is 14.1. The zero-order valence-electron chi connectivity index (χ0n) is 16.3.